The number of methoxy groups -OCH3 is 1. The summed E-state index contributed by atoms with van der Waals surface area (Å²) in [6.45, 7) is 5.62. The molecule has 0 rings (SSSR count). The van der Waals surface area contributed by atoms with Crippen LogP contribution in [0, 0.1) is 11.8 Å². The van der Waals surface area contributed by atoms with Gasteiger partial charge in [-0.05, 0) is 18.8 Å². The molecule has 0 saturated carbocycles. The van der Waals surface area contributed by atoms with Crippen molar-refractivity contribution in [3.05, 3.63) is 0 Å². The number of carboxylic acid groups (broad SMARTS) is 1. The second-order valence-electron chi connectivity index (χ2n) is 3.85. The summed E-state index contributed by atoms with van der Waals surface area (Å²) in [6, 6.07) is 0. The molecule has 0 saturated heterocycles. The van der Waals surface area contributed by atoms with Crippen molar-refractivity contribution in [3.8, 4) is 0 Å². The SMILES string of the molecule is COCCOCCCC(C)C(C)C(=O)O. The maximum atomic E-state index is 10.7. The first-order chi connectivity index (χ1) is 7.09. The first-order valence-electron chi connectivity index (χ1n) is 5.39. The van der Waals surface area contributed by atoms with Gasteiger partial charge in [0.2, 0.25) is 0 Å². The number of carboxylic acids is 1. The molecule has 2 atom stereocenters. The molecular weight excluding hydrogens is 196 g/mol. The van der Waals surface area contributed by atoms with E-state index in [0.29, 0.717) is 19.8 Å². The number of ether oxygens (including phenoxy) is 2. The summed E-state index contributed by atoms with van der Waals surface area (Å²) in [7, 11) is 1.64. The fourth-order valence-electron chi connectivity index (χ4n) is 1.25. The van der Waals surface area contributed by atoms with Gasteiger partial charge in [0.05, 0.1) is 19.1 Å². The minimum Gasteiger partial charge on any atom is -0.481 e. The first-order valence-corrected chi connectivity index (χ1v) is 5.39. The predicted molar refractivity (Wildman–Crippen MR) is 57.9 cm³/mol. The number of hydrogen-bond acceptors (Lipinski definition) is 3. The molecule has 0 aromatic heterocycles. The molecule has 0 aromatic carbocycles. The van der Waals surface area contributed by atoms with Crippen molar-refractivity contribution in [2.45, 2.75) is 26.7 Å². The Labute approximate surface area is 91.6 Å². The summed E-state index contributed by atoms with van der Waals surface area (Å²) in [5.74, 6) is -0.791. The van der Waals surface area contributed by atoms with Crippen molar-refractivity contribution in [3.63, 3.8) is 0 Å². The molecule has 2 unspecified atom stereocenters. The summed E-state index contributed by atoms with van der Waals surface area (Å²) in [4.78, 5) is 10.7. The number of rotatable bonds is 9. The standard InChI is InChI=1S/C11H22O4/c1-9(10(2)11(12)13)5-4-6-15-8-7-14-3/h9-10H,4-8H2,1-3H3,(H,12,13). The molecule has 0 fully saturated rings. The van der Waals surface area contributed by atoms with Crippen LogP contribution in [0.25, 0.3) is 0 Å². The van der Waals surface area contributed by atoms with Crippen molar-refractivity contribution < 1.29 is 19.4 Å². The van der Waals surface area contributed by atoms with Crippen LogP contribution >= 0.6 is 0 Å². The van der Waals surface area contributed by atoms with Gasteiger partial charge in [0.15, 0.2) is 0 Å². The van der Waals surface area contributed by atoms with E-state index in [1.54, 1.807) is 14.0 Å². The normalized spacial score (nSPS) is 14.9. The van der Waals surface area contributed by atoms with Gasteiger partial charge in [-0.1, -0.05) is 13.8 Å². The number of aliphatic carboxylic acids is 1. The van der Waals surface area contributed by atoms with Crippen LogP contribution in [0.5, 0.6) is 0 Å². The van der Waals surface area contributed by atoms with Crippen molar-refractivity contribution >= 4 is 5.97 Å². The molecule has 0 aliphatic rings. The quantitative estimate of drug-likeness (QED) is 0.599. The Kier molecular flexibility index (Phi) is 8.33. The van der Waals surface area contributed by atoms with Crippen LogP contribution in [0.4, 0.5) is 0 Å². The van der Waals surface area contributed by atoms with Crippen LogP contribution in [0.15, 0.2) is 0 Å². The molecule has 15 heavy (non-hydrogen) atoms. The molecular formula is C11H22O4. The Morgan fingerprint density at radius 1 is 1.27 bits per heavy atom. The molecule has 0 aromatic rings. The average Bonchev–Trinajstić information content (AvgIpc) is 2.21. The van der Waals surface area contributed by atoms with Crippen LogP contribution in [-0.4, -0.2) is 38.0 Å². The Bertz CT molecular complexity index is 170. The lowest BCUT2D eigenvalue weighted by Gasteiger charge is -2.15. The summed E-state index contributed by atoms with van der Waals surface area (Å²) >= 11 is 0. The van der Waals surface area contributed by atoms with Crippen LogP contribution in [0.3, 0.4) is 0 Å². The zero-order valence-electron chi connectivity index (χ0n) is 9.86. The molecule has 0 amide bonds. The highest BCUT2D eigenvalue weighted by molar-refractivity contribution is 5.69. The van der Waals surface area contributed by atoms with Gasteiger partial charge < -0.3 is 14.6 Å². The maximum Gasteiger partial charge on any atom is 0.306 e. The molecule has 0 aliphatic heterocycles. The minimum absolute atomic E-state index is 0.202. The monoisotopic (exact) mass is 218 g/mol. The summed E-state index contributed by atoms with van der Waals surface area (Å²) in [5.41, 5.74) is 0. The zero-order chi connectivity index (χ0) is 11.7. The lowest BCUT2D eigenvalue weighted by atomic mass is 9.92. The highest BCUT2D eigenvalue weighted by Gasteiger charge is 2.18. The number of carbonyl (C=O) groups is 1. The Hall–Kier alpha value is -0.610. The van der Waals surface area contributed by atoms with E-state index in [-0.39, 0.29) is 11.8 Å². The lowest BCUT2D eigenvalue weighted by molar-refractivity contribution is -0.142. The highest BCUT2D eigenvalue weighted by Crippen LogP contribution is 2.16. The molecule has 0 bridgehead atoms. The van der Waals surface area contributed by atoms with E-state index in [2.05, 4.69) is 0 Å². The van der Waals surface area contributed by atoms with E-state index >= 15 is 0 Å². The van der Waals surface area contributed by atoms with Crippen LogP contribution in [0.1, 0.15) is 26.7 Å². The largest absolute Gasteiger partial charge is 0.481 e. The van der Waals surface area contributed by atoms with Gasteiger partial charge in [0, 0.05) is 13.7 Å². The molecule has 0 spiro atoms. The third-order valence-electron chi connectivity index (χ3n) is 2.62. The van der Waals surface area contributed by atoms with Gasteiger partial charge in [0.1, 0.15) is 0 Å². The molecule has 0 aliphatic carbocycles. The molecule has 0 radical (unpaired) electrons. The van der Waals surface area contributed by atoms with E-state index < -0.39 is 5.97 Å². The maximum absolute atomic E-state index is 10.7. The summed E-state index contributed by atoms with van der Waals surface area (Å²) in [6.07, 6.45) is 1.79. The smallest absolute Gasteiger partial charge is 0.306 e. The van der Waals surface area contributed by atoms with Crippen molar-refractivity contribution in [1.29, 1.82) is 0 Å². The van der Waals surface area contributed by atoms with Gasteiger partial charge >= 0.3 is 5.97 Å². The Morgan fingerprint density at radius 3 is 2.47 bits per heavy atom. The van der Waals surface area contributed by atoms with Crippen LogP contribution in [0.2, 0.25) is 0 Å². The summed E-state index contributed by atoms with van der Waals surface area (Å²) in [5, 5.41) is 8.78. The van der Waals surface area contributed by atoms with Gasteiger partial charge in [0.25, 0.3) is 0 Å². The van der Waals surface area contributed by atoms with Gasteiger partial charge in [-0.15, -0.1) is 0 Å². The Balaban J connectivity index is 3.38. The third-order valence-corrected chi connectivity index (χ3v) is 2.62. The van der Waals surface area contributed by atoms with Crippen LogP contribution < -0.4 is 0 Å². The van der Waals surface area contributed by atoms with E-state index in [1.165, 1.54) is 0 Å². The van der Waals surface area contributed by atoms with Crippen molar-refractivity contribution in [1.82, 2.24) is 0 Å². The van der Waals surface area contributed by atoms with Crippen LogP contribution in [-0.2, 0) is 14.3 Å². The fraction of sp³-hybridized carbons (Fsp3) is 0.909. The van der Waals surface area contributed by atoms with Gasteiger partial charge in [-0.25, -0.2) is 0 Å². The minimum atomic E-state index is -0.720. The topological polar surface area (TPSA) is 55.8 Å². The molecule has 90 valence electrons. The second kappa shape index (κ2) is 8.68. The predicted octanol–water partition coefficient (Wildman–Crippen LogP) is 1.79. The van der Waals surface area contributed by atoms with Gasteiger partial charge in [-0.3, -0.25) is 4.79 Å². The fourth-order valence-corrected chi connectivity index (χ4v) is 1.25. The first kappa shape index (κ1) is 14.4. The Morgan fingerprint density at radius 2 is 1.93 bits per heavy atom. The lowest BCUT2D eigenvalue weighted by Crippen LogP contribution is -2.18. The van der Waals surface area contributed by atoms with E-state index in [9.17, 15) is 4.79 Å². The summed E-state index contributed by atoms with van der Waals surface area (Å²) < 4.78 is 10.1. The molecule has 1 N–H and O–H groups in total. The van der Waals surface area contributed by atoms with E-state index in [4.69, 9.17) is 14.6 Å². The zero-order valence-corrected chi connectivity index (χ0v) is 9.86. The van der Waals surface area contributed by atoms with Crippen molar-refractivity contribution in [2.75, 3.05) is 26.9 Å². The third kappa shape index (κ3) is 7.33. The number of hydrogen-bond donors (Lipinski definition) is 1. The average molecular weight is 218 g/mol. The molecule has 0 heterocycles. The van der Waals surface area contributed by atoms with E-state index in [0.717, 1.165) is 12.8 Å². The van der Waals surface area contributed by atoms with Gasteiger partial charge in [-0.2, -0.15) is 0 Å². The second-order valence-corrected chi connectivity index (χ2v) is 3.85. The highest BCUT2D eigenvalue weighted by atomic mass is 16.5. The van der Waals surface area contributed by atoms with E-state index in [1.807, 2.05) is 6.92 Å². The van der Waals surface area contributed by atoms with Crippen molar-refractivity contribution in [2.24, 2.45) is 11.8 Å². The molecule has 4 nitrogen and oxygen atoms in total. The molecule has 4 heteroatoms.